The molecule has 3 nitrogen and oxygen atoms in total. The van der Waals surface area contributed by atoms with Crippen LogP contribution < -0.4 is 15.2 Å². The first-order chi connectivity index (χ1) is 10.0. The highest BCUT2D eigenvalue weighted by molar-refractivity contribution is 9.10. The molecule has 2 rings (SSSR count). The van der Waals surface area contributed by atoms with Crippen molar-refractivity contribution in [1.29, 1.82) is 0 Å². The van der Waals surface area contributed by atoms with Gasteiger partial charge in [0.05, 0.1) is 16.8 Å². The Balaban J connectivity index is 2.30. The molecule has 0 atom stereocenters. The summed E-state index contributed by atoms with van der Waals surface area (Å²) in [6, 6.07) is 6.50. The van der Waals surface area contributed by atoms with Crippen LogP contribution in [0.2, 0.25) is 0 Å². The number of ether oxygens (including phenoxy) is 2. The summed E-state index contributed by atoms with van der Waals surface area (Å²) in [5, 5.41) is 0. The minimum absolute atomic E-state index is 0.0688. The lowest BCUT2D eigenvalue weighted by molar-refractivity contribution is 0.299. The van der Waals surface area contributed by atoms with Gasteiger partial charge in [0.15, 0.2) is 17.3 Å². The first kappa shape index (κ1) is 15.6. The van der Waals surface area contributed by atoms with E-state index in [9.17, 15) is 8.78 Å². The van der Waals surface area contributed by atoms with E-state index in [2.05, 4.69) is 15.9 Å². The van der Waals surface area contributed by atoms with Gasteiger partial charge in [0, 0.05) is 12.1 Å². The summed E-state index contributed by atoms with van der Waals surface area (Å²) >= 11 is 3.19. The fourth-order valence-electron chi connectivity index (χ4n) is 1.64. The van der Waals surface area contributed by atoms with Crippen LogP contribution in [0.3, 0.4) is 0 Å². The zero-order valence-corrected chi connectivity index (χ0v) is 12.9. The third kappa shape index (κ3) is 3.85. The number of rotatable bonds is 5. The summed E-state index contributed by atoms with van der Waals surface area (Å²) in [5.41, 5.74) is 5.87. The van der Waals surface area contributed by atoms with Crippen molar-refractivity contribution in [3.05, 3.63) is 46.4 Å². The number of nitrogen functional groups attached to an aromatic ring is 1. The summed E-state index contributed by atoms with van der Waals surface area (Å²) in [6.07, 6.45) is 0.753. The fraction of sp³-hybridized carbons (Fsp3) is 0.200. The van der Waals surface area contributed by atoms with Crippen LogP contribution in [0.25, 0.3) is 0 Å². The summed E-state index contributed by atoms with van der Waals surface area (Å²) in [6.45, 7) is 2.31. The molecule has 0 radical (unpaired) electrons. The van der Waals surface area contributed by atoms with E-state index in [1.54, 1.807) is 0 Å². The smallest absolute Gasteiger partial charge is 0.167 e. The highest BCUT2D eigenvalue weighted by atomic mass is 79.9. The lowest BCUT2D eigenvalue weighted by Crippen LogP contribution is -2.00. The molecule has 6 heteroatoms. The number of halogens is 3. The van der Waals surface area contributed by atoms with Crippen molar-refractivity contribution in [2.75, 3.05) is 12.3 Å². The van der Waals surface area contributed by atoms with Gasteiger partial charge in [0.2, 0.25) is 0 Å². The fourth-order valence-corrected chi connectivity index (χ4v) is 2.07. The summed E-state index contributed by atoms with van der Waals surface area (Å²) < 4.78 is 38.1. The first-order valence-corrected chi connectivity index (χ1v) is 7.15. The van der Waals surface area contributed by atoms with E-state index in [1.807, 2.05) is 6.92 Å². The van der Waals surface area contributed by atoms with Gasteiger partial charge in [-0.25, -0.2) is 8.78 Å². The molecule has 21 heavy (non-hydrogen) atoms. The normalized spacial score (nSPS) is 10.5. The largest absolute Gasteiger partial charge is 0.490 e. The van der Waals surface area contributed by atoms with E-state index >= 15 is 0 Å². The Morgan fingerprint density at radius 3 is 2.52 bits per heavy atom. The Hall–Kier alpha value is -1.82. The second-order valence-corrected chi connectivity index (χ2v) is 5.20. The molecule has 0 bridgehead atoms. The van der Waals surface area contributed by atoms with E-state index in [-0.39, 0.29) is 17.2 Å². The van der Waals surface area contributed by atoms with Crippen LogP contribution in [-0.2, 0) is 0 Å². The zero-order chi connectivity index (χ0) is 15.4. The summed E-state index contributed by atoms with van der Waals surface area (Å²) in [7, 11) is 0. The summed E-state index contributed by atoms with van der Waals surface area (Å²) in [4.78, 5) is 0. The molecule has 112 valence electrons. The predicted octanol–water partition coefficient (Wildman–Crippen LogP) is 4.89. The topological polar surface area (TPSA) is 44.5 Å². The standard InChI is InChI=1S/C15H14BrF2NO2/c1-2-5-20-14-8-15(12(19)7-11(14)18)21-13-4-3-9(17)6-10(13)16/h3-4,6-8H,2,5,19H2,1H3. The molecule has 2 aromatic carbocycles. The quantitative estimate of drug-likeness (QED) is 0.774. The Bertz CT molecular complexity index is 650. The van der Waals surface area contributed by atoms with Crippen molar-refractivity contribution in [2.24, 2.45) is 0 Å². The summed E-state index contributed by atoms with van der Waals surface area (Å²) in [5.74, 6) is -0.259. The molecule has 0 fully saturated rings. The van der Waals surface area contributed by atoms with Gasteiger partial charge in [-0.1, -0.05) is 6.92 Å². The molecule has 0 aliphatic heterocycles. The van der Waals surface area contributed by atoms with Crippen LogP contribution >= 0.6 is 15.9 Å². The number of nitrogens with two attached hydrogens (primary N) is 1. The number of hydrogen-bond acceptors (Lipinski definition) is 3. The van der Waals surface area contributed by atoms with Crippen molar-refractivity contribution in [2.45, 2.75) is 13.3 Å². The average molecular weight is 358 g/mol. The van der Waals surface area contributed by atoms with Crippen molar-refractivity contribution in [3.8, 4) is 17.2 Å². The molecule has 0 aromatic heterocycles. The maximum absolute atomic E-state index is 13.7. The van der Waals surface area contributed by atoms with Gasteiger partial charge in [-0.15, -0.1) is 0 Å². The Labute approximate surface area is 129 Å². The van der Waals surface area contributed by atoms with E-state index in [4.69, 9.17) is 15.2 Å². The molecule has 0 unspecified atom stereocenters. The second-order valence-electron chi connectivity index (χ2n) is 4.35. The van der Waals surface area contributed by atoms with E-state index in [1.165, 1.54) is 24.3 Å². The number of benzene rings is 2. The number of anilines is 1. The molecule has 2 aromatic rings. The van der Waals surface area contributed by atoms with Crippen LogP contribution in [0.15, 0.2) is 34.8 Å². The van der Waals surface area contributed by atoms with Crippen LogP contribution in [0.5, 0.6) is 17.2 Å². The molecule has 2 N–H and O–H groups in total. The first-order valence-electron chi connectivity index (χ1n) is 6.36. The molecular formula is C15H14BrF2NO2. The van der Waals surface area contributed by atoms with Gasteiger partial charge >= 0.3 is 0 Å². The van der Waals surface area contributed by atoms with E-state index < -0.39 is 11.6 Å². The van der Waals surface area contributed by atoms with Gasteiger partial charge in [-0.2, -0.15) is 0 Å². The Morgan fingerprint density at radius 1 is 1.10 bits per heavy atom. The van der Waals surface area contributed by atoms with Gasteiger partial charge in [0.1, 0.15) is 11.6 Å². The average Bonchev–Trinajstić information content (AvgIpc) is 2.43. The van der Waals surface area contributed by atoms with Crippen molar-refractivity contribution >= 4 is 21.6 Å². The van der Waals surface area contributed by atoms with E-state index in [0.29, 0.717) is 16.8 Å². The van der Waals surface area contributed by atoms with Crippen LogP contribution in [-0.4, -0.2) is 6.61 Å². The molecule has 0 amide bonds. The molecule has 0 aliphatic carbocycles. The molecule has 0 saturated carbocycles. The molecule has 0 spiro atoms. The Kier molecular flexibility index (Phi) is 5.01. The monoisotopic (exact) mass is 357 g/mol. The maximum Gasteiger partial charge on any atom is 0.167 e. The van der Waals surface area contributed by atoms with Gasteiger partial charge in [-0.3, -0.25) is 0 Å². The predicted molar refractivity (Wildman–Crippen MR) is 80.8 cm³/mol. The second kappa shape index (κ2) is 6.76. The third-order valence-corrected chi connectivity index (χ3v) is 3.26. The van der Waals surface area contributed by atoms with E-state index in [0.717, 1.165) is 12.5 Å². The molecule has 0 aliphatic rings. The van der Waals surface area contributed by atoms with Crippen molar-refractivity contribution in [3.63, 3.8) is 0 Å². The number of hydrogen-bond donors (Lipinski definition) is 1. The zero-order valence-electron chi connectivity index (χ0n) is 11.3. The van der Waals surface area contributed by atoms with Gasteiger partial charge in [0.25, 0.3) is 0 Å². The van der Waals surface area contributed by atoms with Crippen LogP contribution in [0.4, 0.5) is 14.5 Å². The molecule has 0 heterocycles. The molecule has 0 saturated heterocycles. The van der Waals surface area contributed by atoms with Crippen LogP contribution in [0, 0.1) is 11.6 Å². The lowest BCUT2D eigenvalue weighted by atomic mass is 10.2. The molecular weight excluding hydrogens is 344 g/mol. The minimum Gasteiger partial charge on any atom is -0.490 e. The van der Waals surface area contributed by atoms with Crippen molar-refractivity contribution < 1.29 is 18.3 Å². The highest BCUT2D eigenvalue weighted by Gasteiger charge is 2.12. The van der Waals surface area contributed by atoms with Crippen LogP contribution in [0.1, 0.15) is 13.3 Å². The van der Waals surface area contributed by atoms with Crippen molar-refractivity contribution in [1.82, 2.24) is 0 Å². The SMILES string of the molecule is CCCOc1cc(Oc2ccc(F)cc2Br)c(N)cc1F. The highest BCUT2D eigenvalue weighted by Crippen LogP contribution is 2.36. The minimum atomic E-state index is -0.550. The van der Waals surface area contributed by atoms with Gasteiger partial charge < -0.3 is 15.2 Å². The maximum atomic E-state index is 13.7. The van der Waals surface area contributed by atoms with Gasteiger partial charge in [-0.05, 0) is 40.5 Å². The third-order valence-electron chi connectivity index (χ3n) is 2.64. The lowest BCUT2D eigenvalue weighted by Gasteiger charge is -2.13. The Morgan fingerprint density at radius 2 is 1.86 bits per heavy atom.